The average Bonchev–Trinajstić information content (AvgIpc) is 3.14. The van der Waals surface area contributed by atoms with Gasteiger partial charge in [0.2, 0.25) is 0 Å². The van der Waals surface area contributed by atoms with Crippen molar-refractivity contribution in [2.75, 3.05) is 0 Å². The third-order valence-electron chi connectivity index (χ3n) is 2.87. The number of furan rings is 1. The maximum Gasteiger partial charge on any atom is 0.283 e. The highest BCUT2D eigenvalue weighted by molar-refractivity contribution is 9.10. The van der Waals surface area contributed by atoms with E-state index in [-0.39, 0.29) is 18.3 Å². The van der Waals surface area contributed by atoms with Crippen molar-refractivity contribution < 1.29 is 18.4 Å². The Balaban J connectivity index is 1.64. The Bertz CT molecular complexity index is 792. The van der Waals surface area contributed by atoms with Crippen LogP contribution in [0.15, 0.2) is 49.9 Å². The van der Waals surface area contributed by atoms with Crippen LogP contribution in [-0.4, -0.2) is 16.0 Å². The summed E-state index contributed by atoms with van der Waals surface area (Å²) in [6.45, 7) is 1.65. The summed E-state index contributed by atoms with van der Waals surface area (Å²) in [4.78, 5) is 11.2. The summed E-state index contributed by atoms with van der Waals surface area (Å²) in [6, 6.07) is 10.3. The summed E-state index contributed by atoms with van der Waals surface area (Å²) in [5.74, 6) is 1.73. The molecule has 0 bridgehead atoms. The molecule has 0 spiro atoms. The Morgan fingerprint density at radius 3 is 2.55 bits per heavy atom. The summed E-state index contributed by atoms with van der Waals surface area (Å²) in [5, 5.41) is 7.79. The fourth-order valence-electron chi connectivity index (χ4n) is 1.77. The molecule has 0 aliphatic heterocycles. The lowest BCUT2D eigenvalue weighted by molar-refractivity contribution is 0.101. The second-order valence-corrected chi connectivity index (χ2v) is 5.26. The number of rotatable bonds is 5. The van der Waals surface area contributed by atoms with Crippen LogP contribution >= 0.6 is 15.9 Å². The van der Waals surface area contributed by atoms with Gasteiger partial charge in [0.25, 0.3) is 11.8 Å². The number of ketones is 1. The van der Waals surface area contributed by atoms with Gasteiger partial charge in [-0.1, -0.05) is 0 Å². The fraction of sp³-hybridized carbons (Fsp3) is 0.133. The van der Waals surface area contributed by atoms with E-state index in [0.29, 0.717) is 27.6 Å². The zero-order chi connectivity index (χ0) is 15.5. The maximum atomic E-state index is 11.2. The molecule has 0 unspecified atom stereocenters. The van der Waals surface area contributed by atoms with E-state index in [4.69, 9.17) is 13.6 Å². The first-order valence-corrected chi connectivity index (χ1v) is 7.23. The van der Waals surface area contributed by atoms with Crippen molar-refractivity contribution in [1.82, 2.24) is 10.2 Å². The fourth-order valence-corrected chi connectivity index (χ4v) is 2.08. The van der Waals surface area contributed by atoms with E-state index in [2.05, 4.69) is 26.1 Å². The zero-order valence-corrected chi connectivity index (χ0v) is 13.2. The third kappa shape index (κ3) is 3.25. The minimum Gasteiger partial charge on any atom is -0.484 e. The molecule has 0 radical (unpaired) electrons. The number of halogens is 1. The number of aromatic nitrogens is 2. The van der Waals surface area contributed by atoms with Crippen LogP contribution in [-0.2, 0) is 6.61 Å². The van der Waals surface area contributed by atoms with Gasteiger partial charge in [-0.15, -0.1) is 10.2 Å². The van der Waals surface area contributed by atoms with Gasteiger partial charge in [-0.2, -0.15) is 0 Å². The van der Waals surface area contributed by atoms with Gasteiger partial charge in [-0.25, -0.2) is 0 Å². The molecule has 0 N–H and O–H groups in total. The van der Waals surface area contributed by atoms with E-state index in [0.717, 1.165) is 0 Å². The summed E-state index contributed by atoms with van der Waals surface area (Å²) in [5.41, 5.74) is 0.635. The number of nitrogens with zero attached hydrogens (tertiary/aromatic N) is 2. The van der Waals surface area contributed by atoms with Gasteiger partial charge < -0.3 is 13.6 Å². The first-order valence-electron chi connectivity index (χ1n) is 6.44. The Labute approximate surface area is 134 Å². The minimum atomic E-state index is 0.0118. The van der Waals surface area contributed by atoms with E-state index in [1.165, 1.54) is 6.92 Å². The predicted octanol–water partition coefficient (Wildman–Crippen LogP) is 3.87. The highest BCUT2D eigenvalue weighted by Gasteiger charge is 2.12. The minimum absolute atomic E-state index is 0.0118. The molecule has 0 saturated heterocycles. The van der Waals surface area contributed by atoms with E-state index < -0.39 is 0 Å². The number of Topliss-reactive ketones (excluding diaryl/α,β-unsaturated/α-hetero) is 1. The predicted molar refractivity (Wildman–Crippen MR) is 80.5 cm³/mol. The van der Waals surface area contributed by atoms with E-state index in [1.54, 1.807) is 36.4 Å². The van der Waals surface area contributed by atoms with Crippen molar-refractivity contribution in [3.63, 3.8) is 0 Å². The monoisotopic (exact) mass is 362 g/mol. The van der Waals surface area contributed by atoms with Crippen molar-refractivity contribution in [1.29, 1.82) is 0 Å². The molecule has 3 aromatic rings. The second-order valence-electron chi connectivity index (χ2n) is 4.47. The van der Waals surface area contributed by atoms with Gasteiger partial charge in [0.05, 0.1) is 0 Å². The molecule has 3 rings (SSSR count). The van der Waals surface area contributed by atoms with Crippen LogP contribution in [0.1, 0.15) is 23.2 Å². The molecular weight excluding hydrogens is 352 g/mol. The topological polar surface area (TPSA) is 78.4 Å². The zero-order valence-electron chi connectivity index (χ0n) is 11.6. The molecule has 2 heterocycles. The summed E-state index contributed by atoms with van der Waals surface area (Å²) in [7, 11) is 0. The smallest absolute Gasteiger partial charge is 0.283 e. The lowest BCUT2D eigenvalue weighted by Gasteiger charge is -2.03. The number of benzene rings is 1. The average molecular weight is 363 g/mol. The lowest BCUT2D eigenvalue weighted by Crippen LogP contribution is -1.97. The van der Waals surface area contributed by atoms with Crippen molar-refractivity contribution in [3.8, 4) is 17.4 Å². The van der Waals surface area contributed by atoms with Gasteiger partial charge >= 0.3 is 0 Å². The largest absolute Gasteiger partial charge is 0.484 e. The van der Waals surface area contributed by atoms with Crippen LogP contribution in [0, 0.1) is 0 Å². The van der Waals surface area contributed by atoms with Crippen LogP contribution in [0.25, 0.3) is 11.7 Å². The summed E-state index contributed by atoms with van der Waals surface area (Å²) < 4.78 is 16.9. The maximum absolute atomic E-state index is 11.2. The molecule has 0 atom stereocenters. The first kappa shape index (κ1) is 14.5. The Kier molecular flexibility index (Phi) is 4.06. The Morgan fingerprint density at radius 1 is 1.14 bits per heavy atom. The van der Waals surface area contributed by atoms with Crippen molar-refractivity contribution >= 4 is 21.7 Å². The number of ether oxygens (including phenoxy) is 1. The number of hydrogen-bond acceptors (Lipinski definition) is 6. The molecular formula is C15H11BrN2O4. The van der Waals surface area contributed by atoms with Crippen LogP contribution in [0.3, 0.4) is 0 Å². The van der Waals surface area contributed by atoms with E-state index in [1.807, 2.05) is 0 Å². The van der Waals surface area contributed by atoms with Gasteiger partial charge in [0, 0.05) is 5.56 Å². The van der Waals surface area contributed by atoms with Crippen molar-refractivity contribution in [3.05, 3.63) is 52.5 Å². The van der Waals surface area contributed by atoms with Gasteiger partial charge in [0.15, 0.2) is 22.8 Å². The van der Waals surface area contributed by atoms with Gasteiger partial charge in [-0.3, -0.25) is 4.79 Å². The number of carbonyl (C=O) groups excluding carboxylic acids is 1. The van der Waals surface area contributed by atoms with E-state index >= 15 is 0 Å². The molecule has 0 fully saturated rings. The highest BCUT2D eigenvalue weighted by atomic mass is 79.9. The highest BCUT2D eigenvalue weighted by Crippen LogP contribution is 2.24. The second kappa shape index (κ2) is 6.15. The van der Waals surface area contributed by atoms with Crippen LogP contribution < -0.4 is 4.74 Å². The SMILES string of the molecule is CC(=O)c1ccc(OCc2nnc(-c3ccc(Br)o3)o2)cc1. The van der Waals surface area contributed by atoms with E-state index in [9.17, 15) is 4.79 Å². The van der Waals surface area contributed by atoms with Crippen LogP contribution in [0.2, 0.25) is 0 Å². The summed E-state index contributed by atoms with van der Waals surface area (Å²) in [6.07, 6.45) is 0. The Hall–Kier alpha value is -2.41. The molecule has 112 valence electrons. The molecule has 0 aliphatic carbocycles. The molecule has 1 aromatic carbocycles. The van der Waals surface area contributed by atoms with Crippen molar-refractivity contribution in [2.24, 2.45) is 0 Å². The first-order chi connectivity index (χ1) is 10.6. The van der Waals surface area contributed by atoms with Crippen molar-refractivity contribution in [2.45, 2.75) is 13.5 Å². The molecule has 0 saturated carbocycles. The molecule has 2 aromatic heterocycles. The number of hydrogen-bond donors (Lipinski definition) is 0. The lowest BCUT2D eigenvalue weighted by atomic mass is 10.1. The molecule has 22 heavy (non-hydrogen) atoms. The van der Waals surface area contributed by atoms with Gasteiger partial charge in [0.1, 0.15) is 5.75 Å². The molecule has 0 aliphatic rings. The third-order valence-corrected chi connectivity index (χ3v) is 3.30. The molecule has 6 nitrogen and oxygen atoms in total. The standard InChI is InChI=1S/C15H11BrN2O4/c1-9(19)10-2-4-11(5-3-10)20-8-14-17-18-15(22-14)12-6-7-13(16)21-12/h2-7H,8H2,1H3. The Morgan fingerprint density at radius 2 is 1.91 bits per heavy atom. The molecule has 0 amide bonds. The van der Waals surface area contributed by atoms with Crippen LogP contribution in [0.5, 0.6) is 5.75 Å². The van der Waals surface area contributed by atoms with Gasteiger partial charge in [-0.05, 0) is 59.3 Å². The number of carbonyl (C=O) groups is 1. The quantitative estimate of drug-likeness (QED) is 0.641. The van der Waals surface area contributed by atoms with Crippen LogP contribution in [0.4, 0.5) is 0 Å². The molecule has 7 heteroatoms. The summed E-state index contributed by atoms with van der Waals surface area (Å²) >= 11 is 3.21. The normalized spacial score (nSPS) is 10.6.